The molecule has 1 fully saturated rings. The number of hydrogen-bond donors (Lipinski definition) is 1. The lowest BCUT2D eigenvalue weighted by Crippen LogP contribution is -2.30. The molecule has 1 aliphatic heterocycles. The van der Waals surface area contributed by atoms with Crippen LogP contribution in [0.1, 0.15) is 23.7 Å². The van der Waals surface area contributed by atoms with Crippen molar-refractivity contribution in [2.45, 2.75) is 19.4 Å². The Labute approximate surface area is 114 Å². The molecule has 1 N–H and O–H groups in total. The van der Waals surface area contributed by atoms with Crippen LogP contribution in [-0.4, -0.2) is 49.2 Å². The summed E-state index contributed by atoms with van der Waals surface area (Å²) in [5, 5.41) is 9.58. The minimum absolute atomic E-state index is 0.0634. The molecule has 2 rings (SSSR count). The van der Waals surface area contributed by atoms with Crippen molar-refractivity contribution < 1.29 is 9.90 Å². The van der Waals surface area contributed by atoms with Gasteiger partial charge in [0.2, 0.25) is 0 Å². The first-order valence-corrected chi connectivity index (χ1v) is 6.73. The number of aliphatic hydroxyl groups is 1. The predicted molar refractivity (Wildman–Crippen MR) is 76.5 cm³/mol. The molecule has 2 unspecified atom stereocenters. The van der Waals surface area contributed by atoms with Crippen LogP contribution in [0.3, 0.4) is 0 Å². The highest BCUT2D eigenvalue weighted by molar-refractivity contribution is 5.94. The zero-order valence-corrected chi connectivity index (χ0v) is 11.8. The molecular formula is C15H22N2O2. The molecule has 0 saturated carbocycles. The SMILES string of the molecule is CC(O)C1CCN(C(=O)c2ccc(N(C)C)cc2)C1. The fourth-order valence-corrected chi connectivity index (χ4v) is 2.45. The molecule has 1 aromatic carbocycles. The Morgan fingerprint density at radius 2 is 2.00 bits per heavy atom. The number of aliphatic hydroxyl groups excluding tert-OH is 1. The maximum absolute atomic E-state index is 12.3. The number of benzene rings is 1. The largest absolute Gasteiger partial charge is 0.393 e. The van der Waals surface area contributed by atoms with Gasteiger partial charge in [0, 0.05) is 44.4 Å². The Balaban J connectivity index is 2.04. The number of hydrogen-bond acceptors (Lipinski definition) is 3. The third-order valence-electron chi connectivity index (χ3n) is 3.82. The molecule has 0 spiro atoms. The zero-order chi connectivity index (χ0) is 14.0. The molecule has 0 aliphatic carbocycles. The van der Waals surface area contributed by atoms with Crippen molar-refractivity contribution in [2.24, 2.45) is 5.92 Å². The van der Waals surface area contributed by atoms with E-state index in [2.05, 4.69) is 0 Å². The van der Waals surface area contributed by atoms with Gasteiger partial charge in [0.25, 0.3) is 5.91 Å². The highest BCUT2D eigenvalue weighted by Crippen LogP contribution is 2.22. The van der Waals surface area contributed by atoms with E-state index in [0.717, 1.165) is 24.2 Å². The third kappa shape index (κ3) is 3.07. The minimum Gasteiger partial charge on any atom is -0.393 e. The second kappa shape index (κ2) is 5.61. The molecule has 0 radical (unpaired) electrons. The van der Waals surface area contributed by atoms with Crippen molar-refractivity contribution >= 4 is 11.6 Å². The van der Waals surface area contributed by atoms with Crippen molar-refractivity contribution in [3.63, 3.8) is 0 Å². The molecule has 0 aromatic heterocycles. The fourth-order valence-electron chi connectivity index (χ4n) is 2.45. The first-order valence-electron chi connectivity index (χ1n) is 6.73. The Morgan fingerprint density at radius 3 is 2.47 bits per heavy atom. The number of nitrogens with zero attached hydrogens (tertiary/aromatic N) is 2. The van der Waals surface area contributed by atoms with Crippen LogP contribution >= 0.6 is 0 Å². The van der Waals surface area contributed by atoms with E-state index in [-0.39, 0.29) is 17.9 Å². The standard InChI is InChI=1S/C15H22N2O2/c1-11(18)13-8-9-17(10-13)15(19)12-4-6-14(7-5-12)16(2)3/h4-7,11,13,18H,8-10H2,1-3H3. The van der Waals surface area contributed by atoms with E-state index < -0.39 is 0 Å². The molecule has 1 aromatic rings. The van der Waals surface area contributed by atoms with Gasteiger partial charge < -0.3 is 14.9 Å². The second-order valence-corrected chi connectivity index (χ2v) is 5.48. The van der Waals surface area contributed by atoms with Crippen LogP contribution in [0.4, 0.5) is 5.69 Å². The van der Waals surface area contributed by atoms with Gasteiger partial charge in [-0.25, -0.2) is 0 Å². The number of carbonyl (C=O) groups excluding carboxylic acids is 1. The van der Waals surface area contributed by atoms with Gasteiger partial charge in [0.05, 0.1) is 6.10 Å². The van der Waals surface area contributed by atoms with E-state index in [9.17, 15) is 9.90 Å². The predicted octanol–water partition coefficient (Wildman–Crippen LogP) is 1.60. The van der Waals surface area contributed by atoms with E-state index in [0.29, 0.717) is 6.54 Å². The van der Waals surface area contributed by atoms with Crippen molar-refractivity contribution in [3.8, 4) is 0 Å². The molecular weight excluding hydrogens is 240 g/mol. The number of anilines is 1. The lowest BCUT2D eigenvalue weighted by Gasteiger charge is -2.18. The van der Waals surface area contributed by atoms with Crippen LogP contribution < -0.4 is 4.90 Å². The first kappa shape index (κ1) is 13.9. The highest BCUT2D eigenvalue weighted by Gasteiger charge is 2.29. The summed E-state index contributed by atoms with van der Waals surface area (Å²) >= 11 is 0. The first-order chi connectivity index (χ1) is 8.99. The average Bonchev–Trinajstić information content (AvgIpc) is 2.87. The Morgan fingerprint density at radius 1 is 1.37 bits per heavy atom. The third-order valence-corrected chi connectivity index (χ3v) is 3.82. The molecule has 19 heavy (non-hydrogen) atoms. The van der Waals surface area contributed by atoms with E-state index in [4.69, 9.17) is 0 Å². The molecule has 1 aliphatic rings. The van der Waals surface area contributed by atoms with Crippen molar-refractivity contribution in [1.29, 1.82) is 0 Å². The second-order valence-electron chi connectivity index (χ2n) is 5.48. The van der Waals surface area contributed by atoms with Gasteiger partial charge in [0.1, 0.15) is 0 Å². The van der Waals surface area contributed by atoms with E-state index in [1.807, 2.05) is 48.2 Å². The van der Waals surface area contributed by atoms with Crippen LogP contribution in [0, 0.1) is 5.92 Å². The monoisotopic (exact) mass is 262 g/mol. The number of carbonyl (C=O) groups is 1. The molecule has 4 heteroatoms. The van der Waals surface area contributed by atoms with Gasteiger partial charge in [-0.1, -0.05) is 0 Å². The maximum Gasteiger partial charge on any atom is 0.253 e. The van der Waals surface area contributed by atoms with E-state index in [1.54, 1.807) is 6.92 Å². The summed E-state index contributed by atoms with van der Waals surface area (Å²) in [4.78, 5) is 16.2. The minimum atomic E-state index is -0.339. The van der Waals surface area contributed by atoms with Crippen LogP contribution in [0.2, 0.25) is 0 Å². The van der Waals surface area contributed by atoms with Crippen LogP contribution in [0.25, 0.3) is 0 Å². The summed E-state index contributed by atoms with van der Waals surface area (Å²) in [5.41, 5.74) is 1.80. The topological polar surface area (TPSA) is 43.8 Å². The summed E-state index contributed by atoms with van der Waals surface area (Å²) < 4.78 is 0. The summed E-state index contributed by atoms with van der Waals surface area (Å²) in [5.74, 6) is 0.276. The Hall–Kier alpha value is -1.55. The molecule has 104 valence electrons. The Bertz CT molecular complexity index is 440. The van der Waals surface area contributed by atoms with Crippen LogP contribution in [0.5, 0.6) is 0 Å². The van der Waals surface area contributed by atoms with Gasteiger partial charge in [-0.2, -0.15) is 0 Å². The molecule has 1 amide bonds. The summed E-state index contributed by atoms with van der Waals surface area (Å²) in [6.07, 6.45) is 0.549. The lowest BCUT2D eigenvalue weighted by molar-refractivity contribution is 0.0762. The molecule has 0 bridgehead atoms. The van der Waals surface area contributed by atoms with Gasteiger partial charge in [0.15, 0.2) is 0 Å². The van der Waals surface area contributed by atoms with E-state index >= 15 is 0 Å². The lowest BCUT2D eigenvalue weighted by atomic mass is 10.0. The van der Waals surface area contributed by atoms with Crippen LogP contribution in [-0.2, 0) is 0 Å². The van der Waals surface area contributed by atoms with Crippen molar-refractivity contribution in [3.05, 3.63) is 29.8 Å². The van der Waals surface area contributed by atoms with Gasteiger partial charge in [-0.15, -0.1) is 0 Å². The number of amides is 1. The fraction of sp³-hybridized carbons (Fsp3) is 0.533. The quantitative estimate of drug-likeness (QED) is 0.899. The van der Waals surface area contributed by atoms with E-state index in [1.165, 1.54) is 0 Å². The van der Waals surface area contributed by atoms with Crippen LogP contribution in [0.15, 0.2) is 24.3 Å². The summed E-state index contributed by atoms with van der Waals surface area (Å²) in [7, 11) is 3.95. The molecule has 2 atom stereocenters. The maximum atomic E-state index is 12.3. The highest BCUT2D eigenvalue weighted by atomic mass is 16.3. The number of likely N-dealkylation sites (tertiary alicyclic amines) is 1. The normalized spacial score (nSPS) is 20.4. The Kier molecular flexibility index (Phi) is 4.10. The average molecular weight is 262 g/mol. The zero-order valence-electron chi connectivity index (χ0n) is 11.8. The molecule has 4 nitrogen and oxygen atoms in total. The molecule has 1 heterocycles. The van der Waals surface area contributed by atoms with Crippen molar-refractivity contribution in [2.75, 3.05) is 32.1 Å². The van der Waals surface area contributed by atoms with Gasteiger partial charge in [-0.05, 0) is 37.6 Å². The summed E-state index contributed by atoms with van der Waals surface area (Å²) in [6, 6.07) is 7.64. The van der Waals surface area contributed by atoms with Gasteiger partial charge in [-0.3, -0.25) is 4.79 Å². The van der Waals surface area contributed by atoms with Crippen molar-refractivity contribution in [1.82, 2.24) is 4.90 Å². The molecule has 1 saturated heterocycles. The smallest absolute Gasteiger partial charge is 0.253 e. The summed E-state index contributed by atoms with van der Waals surface area (Å²) in [6.45, 7) is 3.19. The van der Waals surface area contributed by atoms with Gasteiger partial charge >= 0.3 is 0 Å². The number of rotatable bonds is 3.